The number of esters is 1. The molecule has 0 amide bonds. The maximum Gasteiger partial charge on any atom is 0.340 e. The Kier molecular flexibility index (Phi) is 4.83. The number of rotatable bonds is 6. The van der Waals surface area contributed by atoms with Crippen LogP contribution in [-0.2, 0) is 17.9 Å². The number of ether oxygens (including phenoxy) is 1. The van der Waals surface area contributed by atoms with Crippen molar-refractivity contribution in [1.82, 2.24) is 4.98 Å². The summed E-state index contributed by atoms with van der Waals surface area (Å²) in [5.74, 6) is 0.408. The maximum atomic E-state index is 12.6. The molecule has 0 saturated heterocycles. The number of fused-ring (bicyclic) bond motifs is 1. The van der Waals surface area contributed by atoms with Gasteiger partial charge in [0, 0.05) is 22.8 Å². The van der Waals surface area contributed by atoms with Gasteiger partial charge < -0.3 is 14.5 Å². The van der Waals surface area contributed by atoms with Crippen molar-refractivity contribution in [2.24, 2.45) is 0 Å². The molecule has 2 heterocycles. The first-order chi connectivity index (χ1) is 13.3. The Bertz CT molecular complexity index is 1050. The van der Waals surface area contributed by atoms with Crippen LogP contribution in [0.15, 0.2) is 83.6 Å². The number of anilines is 1. The summed E-state index contributed by atoms with van der Waals surface area (Å²) in [6.45, 7) is 0.657. The molecule has 4 rings (SSSR count). The Morgan fingerprint density at radius 3 is 2.78 bits per heavy atom. The van der Waals surface area contributed by atoms with Gasteiger partial charge in [0.15, 0.2) is 0 Å². The predicted octanol–water partition coefficient (Wildman–Crippen LogP) is 4.80. The molecule has 1 N–H and O–H groups in total. The van der Waals surface area contributed by atoms with E-state index < -0.39 is 0 Å². The van der Waals surface area contributed by atoms with Gasteiger partial charge in [-0.1, -0.05) is 36.4 Å². The van der Waals surface area contributed by atoms with E-state index in [4.69, 9.17) is 9.15 Å². The molecule has 0 bridgehead atoms. The number of pyridine rings is 1. The fourth-order valence-corrected chi connectivity index (χ4v) is 2.92. The monoisotopic (exact) mass is 358 g/mol. The van der Waals surface area contributed by atoms with Gasteiger partial charge in [0.1, 0.15) is 12.4 Å². The third kappa shape index (κ3) is 3.82. The first-order valence-electron chi connectivity index (χ1n) is 8.66. The number of nitrogens with zero attached hydrogens (tertiary/aromatic N) is 1. The molecule has 0 spiro atoms. The Morgan fingerprint density at radius 1 is 1.00 bits per heavy atom. The first-order valence-corrected chi connectivity index (χ1v) is 8.66. The number of aromatic nitrogens is 1. The summed E-state index contributed by atoms with van der Waals surface area (Å²) in [4.78, 5) is 17.0. The van der Waals surface area contributed by atoms with E-state index in [1.54, 1.807) is 18.5 Å². The first kappa shape index (κ1) is 16.8. The van der Waals surface area contributed by atoms with E-state index in [1.807, 2.05) is 60.7 Å². The zero-order chi connectivity index (χ0) is 18.5. The molecule has 2 aromatic heterocycles. The Morgan fingerprint density at radius 2 is 1.89 bits per heavy atom. The van der Waals surface area contributed by atoms with Crippen molar-refractivity contribution in [1.29, 1.82) is 0 Å². The summed E-state index contributed by atoms with van der Waals surface area (Å²) in [5.41, 5.74) is 2.91. The Hall–Kier alpha value is -3.60. The predicted molar refractivity (Wildman–Crippen MR) is 103 cm³/mol. The van der Waals surface area contributed by atoms with Gasteiger partial charge in [0.05, 0.1) is 23.9 Å². The molecule has 0 aliphatic carbocycles. The maximum absolute atomic E-state index is 12.6. The van der Waals surface area contributed by atoms with Crippen molar-refractivity contribution in [2.75, 3.05) is 5.32 Å². The lowest BCUT2D eigenvalue weighted by molar-refractivity contribution is 0.0475. The highest BCUT2D eigenvalue weighted by molar-refractivity contribution is 5.95. The molecule has 2 aromatic carbocycles. The van der Waals surface area contributed by atoms with Crippen LogP contribution in [0.25, 0.3) is 10.9 Å². The summed E-state index contributed by atoms with van der Waals surface area (Å²) in [7, 11) is 0. The van der Waals surface area contributed by atoms with Crippen LogP contribution in [0.1, 0.15) is 21.7 Å². The van der Waals surface area contributed by atoms with E-state index in [0.717, 1.165) is 22.2 Å². The van der Waals surface area contributed by atoms with Crippen molar-refractivity contribution in [3.63, 3.8) is 0 Å². The van der Waals surface area contributed by atoms with Crippen molar-refractivity contribution in [3.8, 4) is 0 Å². The van der Waals surface area contributed by atoms with E-state index >= 15 is 0 Å². The zero-order valence-corrected chi connectivity index (χ0v) is 14.6. The van der Waals surface area contributed by atoms with Gasteiger partial charge in [0.25, 0.3) is 0 Å². The number of carbonyl (C=O) groups is 1. The van der Waals surface area contributed by atoms with Crippen LogP contribution < -0.4 is 5.32 Å². The van der Waals surface area contributed by atoms with Crippen LogP contribution >= 0.6 is 0 Å². The number of hydrogen-bond donors (Lipinski definition) is 1. The average Bonchev–Trinajstić information content (AvgIpc) is 3.24. The molecule has 0 fully saturated rings. The second-order valence-electron chi connectivity index (χ2n) is 6.05. The van der Waals surface area contributed by atoms with Crippen LogP contribution in [0.5, 0.6) is 0 Å². The summed E-state index contributed by atoms with van der Waals surface area (Å²) in [6, 6.07) is 20.7. The lowest BCUT2D eigenvalue weighted by atomic mass is 10.1. The minimum Gasteiger partial charge on any atom is -0.467 e. The van der Waals surface area contributed by atoms with E-state index in [2.05, 4.69) is 10.3 Å². The Labute approximate surface area is 156 Å². The van der Waals surface area contributed by atoms with Crippen LogP contribution in [-0.4, -0.2) is 11.0 Å². The minimum atomic E-state index is -0.384. The van der Waals surface area contributed by atoms with Crippen molar-refractivity contribution in [2.45, 2.75) is 13.2 Å². The van der Waals surface area contributed by atoms with Gasteiger partial charge in [0.2, 0.25) is 0 Å². The minimum absolute atomic E-state index is 0.166. The highest BCUT2D eigenvalue weighted by atomic mass is 16.5. The van der Waals surface area contributed by atoms with Gasteiger partial charge in [-0.3, -0.25) is 4.98 Å². The SMILES string of the molecule is O=C(OCc1cccc2cccnc12)c1ccccc1NCc1ccco1. The summed E-state index contributed by atoms with van der Waals surface area (Å²) in [5, 5.41) is 4.24. The number of hydrogen-bond acceptors (Lipinski definition) is 5. The molecule has 5 nitrogen and oxygen atoms in total. The van der Waals surface area contributed by atoms with E-state index in [9.17, 15) is 4.79 Å². The van der Waals surface area contributed by atoms with Crippen LogP contribution in [0.4, 0.5) is 5.69 Å². The number of nitrogens with one attached hydrogen (secondary N) is 1. The lowest BCUT2D eigenvalue weighted by Crippen LogP contribution is -2.10. The molecule has 134 valence electrons. The third-order valence-corrected chi connectivity index (χ3v) is 4.26. The smallest absolute Gasteiger partial charge is 0.340 e. The lowest BCUT2D eigenvalue weighted by Gasteiger charge is -2.11. The van der Waals surface area contributed by atoms with E-state index in [-0.39, 0.29) is 12.6 Å². The largest absolute Gasteiger partial charge is 0.467 e. The molecule has 0 aliphatic rings. The number of para-hydroxylation sites is 2. The molecule has 5 heteroatoms. The molecule has 0 unspecified atom stereocenters. The summed E-state index contributed by atoms with van der Waals surface area (Å²) >= 11 is 0. The highest BCUT2D eigenvalue weighted by Gasteiger charge is 2.13. The molecule has 0 saturated carbocycles. The van der Waals surface area contributed by atoms with Crippen molar-refractivity contribution >= 4 is 22.6 Å². The normalized spacial score (nSPS) is 10.7. The zero-order valence-electron chi connectivity index (χ0n) is 14.6. The van der Waals surface area contributed by atoms with Gasteiger partial charge >= 0.3 is 5.97 Å². The van der Waals surface area contributed by atoms with Crippen molar-refractivity contribution in [3.05, 3.63) is 96.1 Å². The van der Waals surface area contributed by atoms with Gasteiger partial charge in [-0.2, -0.15) is 0 Å². The quantitative estimate of drug-likeness (QED) is 0.502. The summed E-state index contributed by atoms with van der Waals surface area (Å²) in [6.07, 6.45) is 3.36. The van der Waals surface area contributed by atoms with Crippen LogP contribution in [0.3, 0.4) is 0 Å². The van der Waals surface area contributed by atoms with Gasteiger partial charge in [-0.25, -0.2) is 4.79 Å². The fraction of sp³-hybridized carbons (Fsp3) is 0.0909. The second-order valence-corrected chi connectivity index (χ2v) is 6.05. The van der Waals surface area contributed by atoms with Gasteiger partial charge in [-0.05, 0) is 30.3 Å². The molecular formula is C22H18N2O3. The van der Waals surface area contributed by atoms with Crippen LogP contribution in [0, 0.1) is 0 Å². The Balaban J connectivity index is 1.48. The fourth-order valence-electron chi connectivity index (χ4n) is 2.92. The van der Waals surface area contributed by atoms with E-state index in [1.165, 1.54) is 0 Å². The number of carbonyl (C=O) groups excluding carboxylic acids is 1. The van der Waals surface area contributed by atoms with E-state index in [0.29, 0.717) is 17.8 Å². The molecule has 0 aliphatic heterocycles. The van der Waals surface area contributed by atoms with Crippen molar-refractivity contribution < 1.29 is 13.9 Å². The topological polar surface area (TPSA) is 64.4 Å². The second kappa shape index (κ2) is 7.74. The average molecular weight is 358 g/mol. The molecule has 4 aromatic rings. The number of furan rings is 1. The van der Waals surface area contributed by atoms with Gasteiger partial charge in [-0.15, -0.1) is 0 Å². The summed E-state index contributed by atoms with van der Waals surface area (Å²) < 4.78 is 10.9. The molecule has 0 radical (unpaired) electrons. The molecular weight excluding hydrogens is 340 g/mol. The standard InChI is InChI=1S/C22H18N2O3/c25-22(27-15-17-7-3-6-16-8-4-12-23-21(16)17)19-10-1-2-11-20(19)24-14-18-9-5-13-26-18/h1-13,24H,14-15H2. The third-order valence-electron chi connectivity index (χ3n) is 4.26. The number of benzene rings is 2. The molecule has 0 atom stereocenters. The van der Waals surface area contributed by atoms with Crippen LogP contribution in [0.2, 0.25) is 0 Å². The highest BCUT2D eigenvalue weighted by Crippen LogP contribution is 2.20. The molecule has 27 heavy (non-hydrogen) atoms.